The molecule has 1 N–H and O–H groups in total. The summed E-state index contributed by atoms with van der Waals surface area (Å²) in [6, 6.07) is 10.1. The smallest absolute Gasteiger partial charge is 0.305 e. The number of nitrogens with one attached hydrogen (secondary N) is 1. The van der Waals surface area contributed by atoms with Crippen LogP contribution in [0.15, 0.2) is 41.6 Å². The van der Waals surface area contributed by atoms with Gasteiger partial charge in [0.05, 0.1) is 6.61 Å². The van der Waals surface area contributed by atoms with Crippen LogP contribution >= 0.6 is 11.8 Å². The molecule has 0 unspecified atom stereocenters. The van der Waals surface area contributed by atoms with E-state index in [4.69, 9.17) is 4.74 Å². The highest BCUT2D eigenvalue weighted by atomic mass is 32.2. The van der Waals surface area contributed by atoms with Crippen molar-refractivity contribution in [3.8, 4) is 0 Å². The maximum atomic E-state index is 12.9. The van der Waals surface area contributed by atoms with Crippen LogP contribution in [0, 0.1) is 5.92 Å². The Kier molecular flexibility index (Phi) is 9.40. The highest BCUT2D eigenvalue weighted by molar-refractivity contribution is 7.99. The number of carbonyl (C=O) groups excluding carboxylic acids is 2. The Morgan fingerprint density at radius 3 is 2.57 bits per heavy atom. The number of benzene rings is 1. The van der Waals surface area contributed by atoms with Crippen molar-refractivity contribution < 1.29 is 14.3 Å². The van der Waals surface area contributed by atoms with Crippen LogP contribution in [-0.2, 0) is 9.53 Å². The highest BCUT2D eigenvalue weighted by Crippen LogP contribution is 2.34. The molecular weight excluding hydrogens is 460 g/mol. The Labute approximate surface area is 212 Å². The number of carbonyl (C=O) groups is 2. The van der Waals surface area contributed by atoms with Crippen LogP contribution in [-0.4, -0.2) is 46.8 Å². The molecule has 2 fully saturated rings. The van der Waals surface area contributed by atoms with E-state index in [1.54, 1.807) is 11.8 Å². The van der Waals surface area contributed by atoms with E-state index in [9.17, 15) is 9.59 Å². The summed E-state index contributed by atoms with van der Waals surface area (Å²) in [5, 5.41) is 2.96. The lowest BCUT2D eigenvalue weighted by molar-refractivity contribution is -0.143. The van der Waals surface area contributed by atoms with Crippen LogP contribution in [0.4, 0.5) is 11.5 Å². The molecule has 2 aliphatic rings. The molecule has 0 spiro atoms. The van der Waals surface area contributed by atoms with Gasteiger partial charge in [-0.2, -0.15) is 0 Å². The van der Waals surface area contributed by atoms with Crippen molar-refractivity contribution in [1.29, 1.82) is 0 Å². The molecule has 1 amide bonds. The molecule has 1 aromatic carbocycles. The number of esters is 1. The second-order valence-electron chi connectivity index (χ2n) is 9.38. The van der Waals surface area contributed by atoms with Gasteiger partial charge in [-0.25, -0.2) is 9.97 Å². The maximum Gasteiger partial charge on any atom is 0.305 e. The van der Waals surface area contributed by atoms with Crippen LogP contribution in [0.2, 0.25) is 0 Å². The summed E-state index contributed by atoms with van der Waals surface area (Å²) in [6.45, 7) is 3.27. The summed E-state index contributed by atoms with van der Waals surface area (Å²) in [5.74, 6) is 2.10. The minimum Gasteiger partial charge on any atom is -0.466 e. The van der Waals surface area contributed by atoms with Gasteiger partial charge in [0, 0.05) is 35.7 Å². The van der Waals surface area contributed by atoms with Gasteiger partial charge in [0.1, 0.15) is 17.8 Å². The predicted molar refractivity (Wildman–Crippen MR) is 140 cm³/mol. The Morgan fingerprint density at radius 2 is 1.86 bits per heavy atom. The summed E-state index contributed by atoms with van der Waals surface area (Å²) in [6.07, 6.45) is 11.6. The Balaban J connectivity index is 1.32. The van der Waals surface area contributed by atoms with Crippen LogP contribution in [0.3, 0.4) is 0 Å². The number of thioether (sulfide) groups is 1. The fraction of sp³-hybridized carbons (Fsp3) is 0.556. The molecule has 1 heterocycles. The van der Waals surface area contributed by atoms with E-state index in [1.165, 1.54) is 51.3 Å². The van der Waals surface area contributed by atoms with Crippen LogP contribution in [0.25, 0.3) is 0 Å². The first kappa shape index (κ1) is 25.5. The van der Waals surface area contributed by atoms with Gasteiger partial charge in [-0.05, 0) is 75.0 Å². The zero-order valence-electron chi connectivity index (χ0n) is 20.6. The quantitative estimate of drug-likeness (QED) is 0.229. The monoisotopic (exact) mass is 496 g/mol. The molecule has 2 aliphatic carbocycles. The summed E-state index contributed by atoms with van der Waals surface area (Å²) in [5.41, 5.74) is 1.12. The summed E-state index contributed by atoms with van der Waals surface area (Å²) in [4.78, 5) is 36.7. The number of nitrogens with zero attached hydrogens (tertiary/aromatic N) is 3. The third-order valence-corrected chi connectivity index (χ3v) is 7.66. The van der Waals surface area contributed by atoms with Gasteiger partial charge < -0.3 is 15.0 Å². The van der Waals surface area contributed by atoms with Gasteiger partial charge in [-0.1, -0.05) is 19.3 Å². The van der Waals surface area contributed by atoms with Crippen molar-refractivity contribution in [2.45, 2.75) is 75.6 Å². The second kappa shape index (κ2) is 12.9. The normalized spacial score (nSPS) is 16.0. The number of hydrogen-bond donors (Lipinski definition) is 1. The van der Waals surface area contributed by atoms with Crippen LogP contribution in [0.1, 0.15) is 75.2 Å². The number of amides is 1. The third kappa shape index (κ3) is 7.95. The van der Waals surface area contributed by atoms with E-state index in [2.05, 4.69) is 20.2 Å². The van der Waals surface area contributed by atoms with E-state index in [-0.39, 0.29) is 11.9 Å². The third-order valence-electron chi connectivity index (χ3n) is 6.56. The zero-order valence-corrected chi connectivity index (χ0v) is 21.4. The second-order valence-corrected chi connectivity index (χ2v) is 10.6. The number of ether oxygens (including phenoxy) is 1. The average molecular weight is 497 g/mol. The van der Waals surface area contributed by atoms with Crippen molar-refractivity contribution in [2.75, 3.05) is 29.1 Å². The van der Waals surface area contributed by atoms with Gasteiger partial charge >= 0.3 is 5.97 Å². The Bertz CT molecular complexity index is 975. The van der Waals surface area contributed by atoms with Crippen molar-refractivity contribution in [1.82, 2.24) is 9.97 Å². The molecule has 188 valence electrons. The lowest BCUT2D eigenvalue weighted by Crippen LogP contribution is -2.39. The molecule has 2 saturated carbocycles. The molecule has 35 heavy (non-hydrogen) atoms. The number of aromatic nitrogens is 2. The van der Waals surface area contributed by atoms with E-state index in [0.29, 0.717) is 24.8 Å². The lowest BCUT2D eigenvalue weighted by atomic mass is 9.94. The highest BCUT2D eigenvalue weighted by Gasteiger charge is 2.30. The molecule has 0 radical (unpaired) electrons. The standard InChI is InChI=1S/C27H36N4O3S/c1-2-34-26(32)9-6-16-35-23-14-12-21(13-15-23)30-27(33)24-17-25(29-19-28-24)31(18-20-10-11-20)22-7-4-3-5-8-22/h12-15,17,19-20,22H,2-11,16,18H2,1H3,(H,30,33). The first-order valence-electron chi connectivity index (χ1n) is 12.9. The number of rotatable bonds is 12. The van der Waals surface area contributed by atoms with Crippen molar-refractivity contribution in [3.05, 3.63) is 42.4 Å². The van der Waals surface area contributed by atoms with Gasteiger partial charge in [-0.3, -0.25) is 9.59 Å². The predicted octanol–water partition coefficient (Wildman–Crippen LogP) is 5.71. The fourth-order valence-corrected chi connectivity index (χ4v) is 5.35. The summed E-state index contributed by atoms with van der Waals surface area (Å²) < 4.78 is 4.95. The SMILES string of the molecule is CCOC(=O)CCCSc1ccc(NC(=O)c2cc(N(CC3CC3)C3CCCCC3)ncn2)cc1. The minimum absolute atomic E-state index is 0.145. The molecule has 2 aromatic rings. The topological polar surface area (TPSA) is 84.4 Å². The molecular formula is C27H36N4O3S. The molecule has 7 nitrogen and oxygen atoms in total. The van der Waals surface area contributed by atoms with Crippen molar-refractivity contribution in [2.24, 2.45) is 5.92 Å². The zero-order chi connectivity index (χ0) is 24.5. The van der Waals surface area contributed by atoms with Gasteiger partial charge in [-0.15, -0.1) is 11.8 Å². The first-order chi connectivity index (χ1) is 17.1. The largest absolute Gasteiger partial charge is 0.466 e. The van der Waals surface area contributed by atoms with Crippen molar-refractivity contribution in [3.63, 3.8) is 0 Å². The first-order valence-corrected chi connectivity index (χ1v) is 13.9. The van der Waals surface area contributed by atoms with E-state index >= 15 is 0 Å². The van der Waals surface area contributed by atoms with Gasteiger partial charge in [0.25, 0.3) is 5.91 Å². The maximum absolute atomic E-state index is 12.9. The fourth-order valence-electron chi connectivity index (χ4n) is 4.50. The molecule has 0 saturated heterocycles. The number of anilines is 2. The Hall–Kier alpha value is -2.61. The van der Waals surface area contributed by atoms with E-state index in [1.807, 2.05) is 37.3 Å². The van der Waals surface area contributed by atoms with Crippen LogP contribution < -0.4 is 10.2 Å². The molecule has 0 bridgehead atoms. The van der Waals surface area contributed by atoms with Crippen molar-refractivity contribution >= 4 is 35.1 Å². The van der Waals surface area contributed by atoms with Crippen LogP contribution in [0.5, 0.6) is 0 Å². The molecule has 0 atom stereocenters. The Morgan fingerprint density at radius 1 is 1.09 bits per heavy atom. The molecule has 8 heteroatoms. The molecule has 0 aliphatic heterocycles. The average Bonchev–Trinajstić information content (AvgIpc) is 3.71. The molecule has 1 aromatic heterocycles. The van der Waals surface area contributed by atoms with Gasteiger partial charge in [0.15, 0.2) is 0 Å². The van der Waals surface area contributed by atoms with E-state index < -0.39 is 0 Å². The summed E-state index contributed by atoms with van der Waals surface area (Å²) in [7, 11) is 0. The number of hydrogen-bond acceptors (Lipinski definition) is 7. The molecule has 4 rings (SSSR count). The minimum atomic E-state index is -0.224. The van der Waals surface area contributed by atoms with E-state index in [0.717, 1.165) is 41.0 Å². The lowest BCUT2D eigenvalue weighted by Gasteiger charge is -2.35. The van der Waals surface area contributed by atoms with Gasteiger partial charge in [0.2, 0.25) is 0 Å². The summed E-state index contributed by atoms with van der Waals surface area (Å²) >= 11 is 1.69.